The van der Waals surface area contributed by atoms with Crippen LogP contribution in [0.25, 0.3) is 0 Å². The van der Waals surface area contributed by atoms with Crippen molar-refractivity contribution in [3.63, 3.8) is 0 Å². The zero-order valence-corrected chi connectivity index (χ0v) is 9.24. The summed E-state index contributed by atoms with van der Waals surface area (Å²) in [5.41, 5.74) is 1.04. The summed E-state index contributed by atoms with van der Waals surface area (Å²) in [5, 5.41) is 1.16. The molecule has 0 saturated carbocycles. The summed E-state index contributed by atoms with van der Waals surface area (Å²) in [6, 6.07) is 3.69. The summed E-state index contributed by atoms with van der Waals surface area (Å²) in [7, 11) is 0. The molecule has 0 bridgehead atoms. The lowest BCUT2D eigenvalue weighted by Crippen LogP contribution is -1.96. The van der Waals surface area contributed by atoms with Crippen molar-refractivity contribution in [3.05, 3.63) is 27.7 Å². The molecule has 0 saturated heterocycles. The SMILES string of the molecule is CCCOc1c(Cl)cc(C)cc1Cl. The molecule has 0 aliphatic rings. The zero-order valence-electron chi connectivity index (χ0n) is 7.73. The van der Waals surface area contributed by atoms with E-state index in [1.54, 1.807) is 0 Å². The highest BCUT2D eigenvalue weighted by molar-refractivity contribution is 6.37. The third-order valence-electron chi connectivity index (χ3n) is 1.59. The van der Waals surface area contributed by atoms with Gasteiger partial charge in [-0.25, -0.2) is 0 Å². The Hall–Kier alpha value is -0.400. The Balaban J connectivity index is 2.92. The Labute approximate surface area is 88.6 Å². The van der Waals surface area contributed by atoms with Crippen LogP contribution in [-0.2, 0) is 0 Å². The molecule has 0 aromatic heterocycles. The smallest absolute Gasteiger partial charge is 0.156 e. The van der Waals surface area contributed by atoms with Crippen molar-refractivity contribution in [2.24, 2.45) is 0 Å². The van der Waals surface area contributed by atoms with Gasteiger partial charge < -0.3 is 4.74 Å². The third-order valence-corrected chi connectivity index (χ3v) is 2.15. The monoisotopic (exact) mass is 218 g/mol. The number of hydrogen-bond donors (Lipinski definition) is 0. The van der Waals surface area contributed by atoms with Crippen molar-refractivity contribution in [3.8, 4) is 5.75 Å². The van der Waals surface area contributed by atoms with E-state index in [0.29, 0.717) is 22.4 Å². The van der Waals surface area contributed by atoms with Gasteiger partial charge in [0.15, 0.2) is 5.75 Å². The maximum atomic E-state index is 5.96. The number of halogens is 2. The molecule has 0 heterocycles. The predicted octanol–water partition coefficient (Wildman–Crippen LogP) is 4.09. The highest BCUT2D eigenvalue weighted by Gasteiger charge is 2.07. The van der Waals surface area contributed by atoms with Gasteiger partial charge in [-0.15, -0.1) is 0 Å². The first-order valence-electron chi connectivity index (χ1n) is 4.23. The van der Waals surface area contributed by atoms with Gasteiger partial charge in [0, 0.05) is 0 Å². The Bertz CT molecular complexity index is 274. The number of aryl methyl sites for hydroxylation is 1. The van der Waals surface area contributed by atoms with Gasteiger partial charge in [0.05, 0.1) is 16.7 Å². The molecule has 0 fully saturated rings. The van der Waals surface area contributed by atoms with Gasteiger partial charge in [0.2, 0.25) is 0 Å². The summed E-state index contributed by atoms with van der Waals surface area (Å²) in [4.78, 5) is 0. The summed E-state index contributed by atoms with van der Waals surface area (Å²) in [5.74, 6) is 0.593. The number of hydrogen-bond acceptors (Lipinski definition) is 1. The molecule has 13 heavy (non-hydrogen) atoms. The first-order chi connectivity index (χ1) is 6.15. The van der Waals surface area contributed by atoms with E-state index in [2.05, 4.69) is 0 Å². The van der Waals surface area contributed by atoms with Gasteiger partial charge in [-0.05, 0) is 31.0 Å². The van der Waals surface area contributed by atoms with Crippen LogP contribution in [0, 0.1) is 6.92 Å². The van der Waals surface area contributed by atoms with Crippen molar-refractivity contribution in [1.29, 1.82) is 0 Å². The van der Waals surface area contributed by atoms with Gasteiger partial charge in [-0.2, -0.15) is 0 Å². The average Bonchev–Trinajstić information content (AvgIpc) is 2.02. The van der Waals surface area contributed by atoms with E-state index in [9.17, 15) is 0 Å². The first kappa shape index (κ1) is 10.7. The summed E-state index contributed by atoms with van der Waals surface area (Å²) < 4.78 is 5.41. The van der Waals surface area contributed by atoms with Crippen LogP contribution in [0.4, 0.5) is 0 Å². The molecule has 0 N–H and O–H groups in total. The fraction of sp³-hybridized carbons (Fsp3) is 0.400. The summed E-state index contributed by atoms with van der Waals surface area (Å²) in [6.45, 7) is 4.62. The van der Waals surface area contributed by atoms with Crippen molar-refractivity contribution >= 4 is 23.2 Å². The van der Waals surface area contributed by atoms with Gasteiger partial charge in [0.1, 0.15) is 0 Å². The lowest BCUT2D eigenvalue weighted by Gasteiger charge is -2.09. The lowest BCUT2D eigenvalue weighted by molar-refractivity contribution is 0.318. The van der Waals surface area contributed by atoms with Crippen LogP contribution < -0.4 is 4.74 Å². The zero-order chi connectivity index (χ0) is 9.84. The molecular weight excluding hydrogens is 207 g/mol. The van der Waals surface area contributed by atoms with E-state index in [1.807, 2.05) is 26.0 Å². The minimum absolute atomic E-state index is 0.582. The van der Waals surface area contributed by atoms with E-state index in [4.69, 9.17) is 27.9 Å². The van der Waals surface area contributed by atoms with Gasteiger partial charge >= 0.3 is 0 Å². The Morgan fingerprint density at radius 2 is 1.77 bits per heavy atom. The van der Waals surface area contributed by atoms with Gasteiger partial charge in [-0.1, -0.05) is 30.1 Å². The van der Waals surface area contributed by atoms with Crippen LogP contribution in [0.3, 0.4) is 0 Å². The fourth-order valence-corrected chi connectivity index (χ4v) is 1.73. The summed E-state index contributed by atoms with van der Waals surface area (Å²) >= 11 is 11.9. The molecule has 3 heteroatoms. The molecule has 72 valence electrons. The third kappa shape index (κ3) is 2.78. The summed E-state index contributed by atoms with van der Waals surface area (Å²) in [6.07, 6.45) is 0.945. The minimum atomic E-state index is 0.582. The lowest BCUT2D eigenvalue weighted by atomic mass is 10.2. The molecule has 0 unspecified atom stereocenters. The average molecular weight is 219 g/mol. The van der Waals surface area contributed by atoms with Crippen molar-refractivity contribution in [2.75, 3.05) is 6.61 Å². The Kier molecular flexibility index (Phi) is 3.89. The molecule has 1 nitrogen and oxygen atoms in total. The highest BCUT2D eigenvalue weighted by Crippen LogP contribution is 2.33. The van der Waals surface area contributed by atoms with Crippen LogP contribution in [0.5, 0.6) is 5.75 Å². The highest BCUT2D eigenvalue weighted by atomic mass is 35.5. The van der Waals surface area contributed by atoms with E-state index in [1.165, 1.54) is 0 Å². The van der Waals surface area contributed by atoms with E-state index in [-0.39, 0.29) is 0 Å². The standard InChI is InChI=1S/C10H12Cl2O/c1-3-4-13-10-8(11)5-7(2)6-9(10)12/h5-6H,3-4H2,1-2H3. The van der Waals surface area contributed by atoms with Crippen molar-refractivity contribution in [1.82, 2.24) is 0 Å². The van der Waals surface area contributed by atoms with Crippen LogP contribution in [0.2, 0.25) is 10.0 Å². The second kappa shape index (κ2) is 4.73. The molecule has 0 aliphatic carbocycles. The number of ether oxygens (including phenoxy) is 1. The molecule has 0 aliphatic heterocycles. The molecule has 0 spiro atoms. The second-order valence-corrected chi connectivity index (χ2v) is 3.72. The van der Waals surface area contributed by atoms with Crippen LogP contribution in [0.1, 0.15) is 18.9 Å². The van der Waals surface area contributed by atoms with Crippen LogP contribution >= 0.6 is 23.2 Å². The molecule has 1 aromatic carbocycles. The van der Waals surface area contributed by atoms with Crippen molar-refractivity contribution < 1.29 is 4.74 Å². The van der Waals surface area contributed by atoms with Crippen molar-refractivity contribution in [2.45, 2.75) is 20.3 Å². The van der Waals surface area contributed by atoms with Crippen LogP contribution in [-0.4, -0.2) is 6.61 Å². The Morgan fingerprint density at radius 1 is 1.23 bits per heavy atom. The Morgan fingerprint density at radius 3 is 2.23 bits per heavy atom. The molecule has 0 radical (unpaired) electrons. The maximum Gasteiger partial charge on any atom is 0.156 e. The van der Waals surface area contributed by atoms with Gasteiger partial charge in [-0.3, -0.25) is 0 Å². The minimum Gasteiger partial charge on any atom is -0.490 e. The topological polar surface area (TPSA) is 9.23 Å². The maximum absolute atomic E-state index is 5.96. The molecular formula is C10H12Cl2O. The largest absolute Gasteiger partial charge is 0.490 e. The van der Waals surface area contributed by atoms with Gasteiger partial charge in [0.25, 0.3) is 0 Å². The number of benzene rings is 1. The normalized spacial score (nSPS) is 10.2. The molecule has 1 aromatic rings. The fourth-order valence-electron chi connectivity index (χ4n) is 1.03. The predicted molar refractivity (Wildman–Crippen MR) is 57.0 cm³/mol. The quantitative estimate of drug-likeness (QED) is 0.743. The van der Waals surface area contributed by atoms with E-state index >= 15 is 0 Å². The molecule has 1 rings (SSSR count). The second-order valence-electron chi connectivity index (χ2n) is 2.91. The van der Waals surface area contributed by atoms with E-state index in [0.717, 1.165) is 12.0 Å². The molecule has 0 atom stereocenters. The first-order valence-corrected chi connectivity index (χ1v) is 4.99. The van der Waals surface area contributed by atoms with Crippen LogP contribution in [0.15, 0.2) is 12.1 Å². The number of rotatable bonds is 3. The molecule has 0 amide bonds. The van der Waals surface area contributed by atoms with E-state index < -0.39 is 0 Å².